The van der Waals surface area contributed by atoms with E-state index in [2.05, 4.69) is 38.9 Å². The highest BCUT2D eigenvalue weighted by Crippen LogP contribution is 2.30. The first-order valence-corrected chi connectivity index (χ1v) is 20.4. The lowest BCUT2D eigenvalue weighted by Gasteiger charge is -2.16. The number of fused-ring (bicyclic) bond motifs is 6. The van der Waals surface area contributed by atoms with Crippen LogP contribution in [0, 0.1) is 6.92 Å². The summed E-state index contributed by atoms with van der Waals surface area (Å²) in [5, 5.41) is 22.8. The van der Waals surface area contributed by atoms with Crippen molar-refractivity contribution in [2.45, 2.75) is 13.5 Å². The molecule has 0 saturated heterocycles. The topological polar surface area (TPSA) is 171 Å². The quantitative estimate of drug-likeness (QED) is 0.0966. The van der Waals surface area contributed by atoms with Crippen molar-refractivity contribution in [3.63, 3.8) is 0 Å². The summed E-state index contributed by atoms with van der Waals surface area (Å²) in [7, 11) is 0. The molecule has 14 heteroatoms. The van der Waals surface area contributed by atoms with Crippen molar-refractivity contribution < 1.29 is 14.7 Å². The summed E-state index contributed by atoms with van der Waals surface area (Å²) >= 11 is 0. The van der Waals surface area contributed by atoms with Gasteiger partial charge in [-0.1, -0.05) is 25.3 Å². The van der Waals surface area contributed by atoms with E-state index in [-0.39, 0.29) is 23.6 Å². The van der Waals surface area contributed by atoms with Crippen LogP contribution in [0.2, 0.25) is 0 Å². The number of rotatable bonds is 9. The second kappa shape index (κ2) is 17.4. The number of amides is 2. The van der Waals surface area contributed by atoms with Crippen LogP contribution in [0.4, 0.5) is 11.4 Å². The first-order valence-electron chi connectivity index (χ1n) is 20.4. The van der Waals surface area contributed by atoms with Gasteiger partial charge in [-0.25, -0.2) is 4.68 Å². The maximum Gasteiger partial charge on any atom is 0.255 e. The minimum absolute atomic E-state index is 0.166. The third-order valence-corrected chi connectivity index (χ3v) is 11.0. The van der Waals surface area contributed by atoms with E-state index in [0.29, 0.717) is 33.8 Å². The molecule has 4 aromatic carbocycles. The molecule has 0 aliphatic carbocycles. The van der Waals surface area contributed by atoms with Gasteiger partial charge in [0.1, 0.15) is 0 Å². The first kappa shape index (κ1) is 41.3. The number of hydrogen-bond donors (Lipinski definition) is 3. The molecular formula is C51H39N9O5. The summed E-state index contributed by atoms with van der Waals surface area (Å²) in [6, 6.07) is 34.7. The van der Waals surface area contributed by atoms with E-state index in [1.165, 1.54) is 18.2 Å². The molecule has 10 aromatic rings. The van der Waals surface area contributed by atoms with Crippen LogP contribution in [-0.2, 0) is 16.2 Å². The number of carbonyl (C=O) groups is 2. The lowest BCUT2D eigenvalue weighted by Crippen LogP contribution is -2.18. The molecule has 0 fully saturated rings. The molecule has 0 aliphatic heterocycles. The fourth-order valence-electron chi connectivity index (χ4n) is 7.75. The zero-order valence-electron chi connectivity index (χ0n) is 34.9. The van der Waals surface area contributed by atoms with E-state index in [4.69, 9.17) is 0 Å². The van der Waals surface area contributed by atoms with Crippen LogP contribution in [0.15, 0.2) is 187 Å². The van der Waals surface area contributed by atoms with E-state index < -0.39 is 5.91 Å². The smallest absolute Gasteiger partial charge is 0.255 e. The summed E-state index contributed by atoms with van der Waals surface area (Å²) in [5.74, 6) is -0.716. The van der Waals surface area contributed by atoms with Gasteiger partial charge in [-0.15, -0.1) is 0 Å². The average Bonchev–Trinajstić information content (AvgIpc) is 4.09. The van der Waals surface area contributed by atoms with Crippen molar-refractivity contribution in [3.05, 3.63) is 210 Å². The lowest BCUT2D eigenvalue weighted by atomic mass is 10.1. The zero-order valence-corrected chi connectivity index (χ0v) is 34.9. The zero-order chi connectivity index (χ0) is 45.2. The second-order valence-corrected chi connectivity index (χ2v) is 15.0. The third kappa shape index (κ3) is 7.99. The Morgan fingerprint density at radius 2 is 1.17 bits per heavy atom. The third-order valence-electron chi connectivity index (χ3n) is 11.0. The van der Waals surface area contributed by atoms with Crippen molar-refractivity contribution in [2.75, 3.05) is 10.6 Å². The number of aryl methyl sites for hydroxylation is 1. The van der Waals surface area contributed by atoms with Crippen molar-refractivity contribution in [1.82, 2.24) is 33.4 Å². The maximum atomic E-state index is 13.1. The Bertz CT molecular complexity index is 3630. The number of pyridine rings is 4. The molecule has 65 heavy (non-hydrogen) atoms. The van der Waals surface area contributed by atoms with E-state index in [1.807, 2.05) is 96.8 Å². The van der Waals surface area contributed by atoms with Crippen LogP contribution in [-0.4, -0.2) is 50.4 Å². The Hall–Kier alpha value is -9.01. The first-order chi connectivity index (χ1) is 31.6. The molecule has 0 aliphatic rings. The predicted octanol–water partition coefficient (Wildman–Crippen LogP) is 8.10. The van der Waals surface area contributed by atoms with Gasteiger partial charge in [0.15, 0.2) is 0 Å². The molecule has 0 atom stereocenters. The normalized spacial score (nSPS) is 11.0. The number of nitrogens with one attached hydrogen (secondary N) is 2. The van der Waals surface area contributed by atoms with Crippen LogP contribution in [0.1, 0.15) is 11.1 Å². The Balaban J connectivity index is 0.000000164. The molecule has 0 bridgehead atoms. The van der Waals surface area contributed by atoms with E-state index in [0.717, 1.165) is 61.1 Å². The van der Waals surface area contributed by atoms with Gasteiger partial charge in [0.05, 0.1) is 45.7 Å². The van der Waals surface area contributed by atoms with Crippen LogP contribution in [0.3, 0.4) is 0 Å². The highest BCUT2D eigenvalue weighted by atomic mass is 16.3. The van der Waals surface area contributed by atoms with Crippen LogP contribution in [0.5, 0.6) is 0 Å². The summed E-state index contributed by atoms with van der Waals surface area (Å²) in [4.78, 5) is 59.1. The van der Waals surface area contributed by atoms with Crippen molar-refractivity contribution in [2.24, 2.45) is 0 Å². The van der Waals surface area contributed by atoms with E-state index >= 15 is 0 Å². The summed E-state index contributed by atoms with van der Waals surface area (Å²) in [6.07, 6.45) is 13.4. The number of hydrogen-bond acceptors (Lipinski definition) is 8. The largest absolute Gasteiger partial charge is 0.392 e. The number of carbonyl (C=O) groups excluding carboxylic acids is 2. The van der Waals surface area contributed by atoms with Crippen molar-refractivity contribution >= 4 is 66.8 Å². The number of aliphatic hydroxyl groups is 1. The Kier molecular flexibility index (Phi) is 11.1. The molecule has 0 spiro atoms. The minimum Gasteiger partial charge on any atom is -0.392 e. The van der Waals surface area contributed by atoms with Crippen molar-refractivity contribution in [3.8, 4) is 22.7 Å². The SMILES string of the molecule is C=CC(=O)Nc1cc(-n2c(=O)ccc3cnc4ccc(-n5cccc5)cc4c32)ccc1C.C=CC(=O)Nc1cc(-n2c(=O)ccc3cnc4ccc(-n5cccn5)cc4c32)ccc1CO. The maximum absolute atomic E-state index is 13.1. The fourth-order valence-corrected chi connectivity index (χ4v) is 7.75. The molecule has 2 amide bonds. The van der Waals surface area contributed by atoms with Gasteiger partial charge in [-0.2, -0.15) is 5.10 Å². The number of nitrogens with zero attached hydrogens (tertiary/aromatic N) is 7. The highest BCUT2D eigenvalue weighted by molar-refractivity contribution is 6.06. The van der Waals surface area contributed by atoms with Gasteiger partial charge in [-0.3, -0.25) is 38.3 Å². The highest BCUT2D eigenvalue weighted by Gasteiger charge is 2.16. The number of aromatic nitrogens is 7. The molecule has 6 aromatic heterocycles. The summed E-state index contributed by atoms with van der Waals surface area (Å²) < 4.78 is 7.00. The fraction of sp³-hybridized carbons (Fsp3) is 0.0392. The van der Waals surface area contributed by atoms with Crippen molar-refractivity contribution in [1.29, 1.82) is 0 Å². The second-order valence-electron chi connectivity index (χ2n) is 15.0. The average molecular weight is 858 g/mol. The molecular weight excluding hydrogens is 819 g/mol. The van der Waals surface area contributed by atoms with Gasteiger partial charge in [0.2, 0.25) is 11.8 Å². The monoisotopic (exact) mass is 857 g/mol. The predicted molar refractivity (Wildman–Crippen MR) is 254 cm³/mol. The van der Waals surface area contributed by atoms with Gasteiger partial charge in [-0.05, 0) is 116 Å². The Morgan fingerprint density at radius 3 is 1.74 bits per heavy atom. The minimum atomic E-state index is -0.411. The molecule has 0 unspecified atom stereocenters. The van der Waals surface area contributed by atoms with Gasteiger partial charge in [0, 0.05) is 93.5 Å². The molecule has 0 radical (unpaired) electrons. The molecule has 10 rings (SSSR count). The van der Waals surface area contributed by atoms with Crippen LogP contribution in [0.25, 0.3) is 66.4 Å². The molecule has 6 heterocycles. The lowest BCUT2D eigenvalue weighted by molar-refractivity contribution is -0.112. The summed E-state index contributed by atoms with van der Waals surface area (Å²) in [6.45, 7) is 8.61. The number of anilines is 2. The van der Waals surface area contributed by atoms with E-state index in [9.17, 15) is 24.3 Å². The summed E-state index contributed by atoms with van der Waals surface area (Å²) in [5.41, 5.74) is 8.00. The van der Waals surface area contributed by atoms with Crippen LogP contribution < -0.4 is 21.8 Å². The van der Waals surface area contributed by atoms with Gasteiger partial charge >= 0.3 is 0 Å². The Morgan fingerprint density at radius 1 is 0.631 bits per heavy atom. The standard InChI is InChI=1S/C26H20N4O2.C25H19N5O3/c1-3-24(31)28-23-15-20(8-6-17(23)2)30-25(32)11-7-18-16-27-22-10-9-19(14-21(22)26(18)30)29-12-4-5-13-29;1-2-23(32)28-22-13-19(6-4-17(22)15-31)30-24(33)9-5-16-14-26-21-8-7-18(12-20(21)25(16)30)29-11-3-10-27-29/h3-16H,1H2,2H3,(H,28,31);2-14,31H,1,15H2,(H,28,32). The molecule has 318 valence electrons. The van der Waals surface area contributed by atoms with Gasteiger partial charge in [0.25, 0.3) is 11.1 Å². The Labute approximate surface area is 370 Å². The van der Waals surface area contributed by atoms with Crippen LogP contribution >= 0.6 is 0 Å². The number of benzene rings is 4. The van der Waals surface area contributed by atoms with E-state index in [1.54, 1.807) is 68.8 Å². The molecule has 14 nitrogen and oxygen atoms in total. The number of aliphatic hydroxyl groups excluding tert-OH is 1. The molecule has 0 saturated carbocycles. The molecule has 3 N–H and O–H groups in total. The van der Waals surface area contributed by atoms with Gasteiger partial charge < -0.3 is 20.3 Å².